The van der Waals surface area contributed by atoms with Crippen molar-refractivity contribution in [3.8, 4) is 23.0 Å². The second-order valence-electron chi connectivity index (χ2n) is 13.2. The van der Waals surface area contributed by atoms with Crippen LogP contribution in [0.2, 0.25) is 0 Å². The minimum Gasteiger partial charge on any atom is -0.497 e. The third kappa shape index (κ3) is 6.21. The van der Waals surface area contributed by atoms with E-state index in [1.165, 1.54) is 0 Å². The van der Waals surface area contributed by atoms with Gasteiger partial charge in [-0.3, -0.25) is 0 Å². The molecule has 8 rings (SSSR count). The molecule has 0 radical (unpaired) electrons. The van der Waals surface area contributed by atoms with E-state index in [-0.39, 0.29) is 0 Å². The van der Waals surface area contributed by atoms with E-state index in [1.807, 2.05) is 133 Å². The standard InChI is InChI=1S/C44H40B2O8/c1-47-37-23-15-33(16-24-37)43(34-17-25-38(48-2)26-18-34)41(31-11-7-5-8-12-31)51-45(53-43)46-52-42(32-13-9-6-10-14-32)44(54-46,35-19-27-39(49-3)28-20-35)36-21-29-40(50-4)30-22-36/h5-30,41-42H,1-4H3/t41-,42-/m1/s1. The molecule has 6 aromatic carbocycles. The Kier molecular flexibility index (Phi) is 9.92. The summed E-state index contributed by atoms with van der Waals surface area (Å²) in [4.78, 5) is 0. The van der Waals surface area contributed by atoms with Crippen LogP contribution < -0.4 is 18.9 Å². The zero-order valence-electron chi connectivity index (χ0n) is 30.6. The first kappa shape index (κ1) is 35.5. The van der Waals surface area contributed by atoms with Gasteiger partial charge in [-0.25, -0.2) is 0 Å². The third-order valence-electron chi connectivity index (χ3n) is 10.4. The lowest BCUT2D eigenvalue weighted by Crippen LogP contribution is -2.43. The molecule has 0 amide bonds. The molecular formula is C44H40B2O8. The molecule has 2 aliphatic rings. The number of benzene rings is 6. The maximum atomic E-state index is 7.35. The topological polar surface area (TPSA) is 73.8 Å². The van der Waals surface area contributed by atoms with E-state index in [0.717, 1.165) is 56.4 Å². The number of ether oxygens (including phenoxy) is 4. The molecule has 0 aliphatic carbocycles. The first-order valence-corrected chi connectivity index (χ1v) is 17.9. The Hall–Kier alpha value is -5.51. The van der Waals surface area contributed by atoms with Crippen LogP contribution in [0, 0.1) is 0 Å². The number of rotatable bonds is 11. The van der Waals surface area contributed by atoms with Crippen molar-refractivity contribution in [2.45, 2.75) is 23.4 Å². The maximum Gasteiger partial charge on any atom is 0.489 e. The predicted molar refractivity (Wildman–Crippen MR) is 208 cm³/mol. The van der Waals surface area contributed by atoms with Gasteiger partial charge in [-0.05, 0) is 81.9 Å². The summed E-state index contributed by atoms with van der Waals surface area (Å²) in [6.45, 7) is 0. The first-order chi connectivity index (χ1) is 26.5. The van der Waals surface area contributed by atoms with Gasteiger partial charge >= 0.3 is 14.0 Å². The van der Waals surface area contributed by atoms with Crippen molar-refractivity contribution >= 4 is 14.0 Å². The largest absolute Gasteiger partial charge is 0.497 e. The van der Waals surface area contributed by atoms with Crippen molar-refractivity contribution in [2.24, 2.45) is 0 Å². The molecule has 0 N–H and O–H groups in total. The molecule has 54 heavy (non-hydrogen) atoms. The van der Waals surface area contributed by atoms with Gasteiger partial charge in [-0.15, -0.1) is 0 Å². The first-order valence-electron chi connectivity index (χ1n) is 17.9. The Morgan fingerprint density at radius 1 is 0.370 bits per heavy atom. The Morgan fingerprint density at radius 3 is 0.870 bits per heavy atom. The highest BCUT2D eigenvalue weighted by Crippen LogP contribution is 2.56. The van der Waals surface area contributed by atoms with Crippen LogP contribution in [-0.2, 0) is 29.8 Å². The second kappa shape index (κ2) is 15.1. The van der Waals surface area contributed by atoms with Crippen LogP contribution >= 0.6 is 0 Å². The lowest BCUT2D eigenvalue weighted by Gasteiger charge is -2.36. The Bertz CT molecular complexity index is 1880. The summed E-state index contributed by atoms with van der Waals surface area (Å²) in [6, 6.07) is 51.9. The van der Waals surface area contributed by atoms with E-state index >= 15 is 0 Å². The minimum absolute atomic E-state index is 0.607. The van der Waals surface area contributed by atoms with Crippen molar-refractivity contribution in [1.82, 2.24) is 0 Å². The molecule has 8 nitrogen and oxygen atoms in total. The molecule has 2 heterocycles. The van der Waals surface area contributed by atoms with Gasteiger partial charge < -0.3 is 37.6 Å². The van der Waals surface area contributed by atoms with Gasteiger partial charge in [0.15, 0.2) is 0 Å². The van der Waals surface area contributed by atoms with Gasteiger partial charge in [0.2, 0.25) is 0 Å². The van der Waals surface area contributed by atoms with E-state index in [2.05, 4.69) is 24.3 Å². The normalized spacial score (nSPS) is 18.7. The number of hydrogen-bond donors (Lipinski definition) is 0. The van der Waals surface area contributed by atoms with Crippen LogP contribution in [0.4, 0.5) is 0 Å². The lowest BCUT2D eigenvalue weighted by molar-refractivity contribution is 0.0717. The van der Waals surface area contributed by atoms with Crippen LogP contribution in [0.15, 0.2) is 158 Å². The fraction of sp³-hybridized carbons (Fsp3) is 0.182. The summed E-state index contributed by atoms with van der Waals surface area (Å²) in [6.07, 6.45) is -1.21. The van der Waals surface area contributed by atoms with Crippen molar-refractivity contribution in [3.63, 3.8) is 0 Å². The van der Waals surface area contributed by atoms with E-state index in [9.17, 15) is 0 Å². The molecule has 2 saturated heterocycles. The summed E-state index contributed by atoms with van der Waals surface area (Å²) in [5.74, 6) is 2.92. The number of hydrogen-bond acceptors (Lipinski definition) is 8. The third-order valence-corrected chi connectivity index (χ3v) is 10.4. The summed E-state index contributed by atoms with van der Waals surface area (Å²) >= 11 is 0. The van der Waals surface area contributed by atoms with Crippen LogP contribution in [0.25, 0.3) is 0 Å². The Labute approximate surface area is 316 Å². The van der Waals surface area contributed by atoms with E-state index < -0.39 is 37.4 Å². The molecule has 0 saturated carbocycles. The quantitative estimate of drug-likeness (QED) is 0.124. The second-order valence-corrected chi connectivity index (χ2v) is 13.2. The average Bonchev–Trinajstić information content (AvgIpc) is 3.86. The highest BCUT2D eigenvalue weighted by atomic mass is 16.7. The van der Waals surface area contributed by atoms with E-state index in [4.69, 9.17) is 37.6 Å². The van der Waals surface area contributed by atoms with Crippen molar-refractivity contribution in [2.75, 3.05) is 28.4 Å². The molecule has 6 aromatic rings. The summed E-state index contributed by atoms with van der Waals surface area (Å²) < 4.78 is 51.2. The maximum absolute atomic E-state index is 7.35. The molecule has 2 aliphatic heterocycles. The van der Waals surface area contributed by atoms with Crippen LogP contribution in [-0.4, -0.2) is 42.5 Å². The van der Waals surface area contributed by atoms with Crippen LogP contribution in [0.1, 0.15) is 45.6 Å². The zero-order chi connectivity index (χ0) is 37.1. The summed E-state index contributed by atoms with van der Waals surface area (Å²) in [5, 5.41) is 0. The molecule has 0 unspecified atom stereocenters. The molecule has 2 fully saturated rings. The molecule has 270 valence electrons. The van der Waals surface area contributed by atoms with E-state index in [0.29, 0.717) is 0 Å². The predicted octanol–water partition coefficient (Wildman–Crippen LogP) is 8.54. The van der Waals surface area contributed by atoms with Gasteiger partial charge in [0.05, 0.1) is 28.4 Å². The fourth-order valence-corrected chi connectivity index (χ4v) is 7.69. The average molecular weight is 718 g/mol. The molecule has 2 atom stereocenters. The summed E-state index contributed by atoms with van der Waals surface area (Å²) in [5.41, 5.74) is 3.09. The molecule has 0 aromatic heterocycles. The van der Waals surface area contributed by atoms with Crippen molar-refractivity contribution in [1.29, 1.82) is 0 Å². The lowest BCUT2D eigenvalue weighted by atomic mass is 9.49. The number of methoxy groups -OCH3 is 4. The van der Waals surface area contributed by atoms with Gasteiger partial charge in [0.25, 0.3) is 0 Å². The SMILES string of the molecule is COc1ccc(C2(c3ccc(OC)cc3)OB(B3O[C@H](c4ccccc4)C(c4ccc(OC)cc4)(c4ccc(OC)cc4)O3)O[C@@H]2c2ccccc2)cc1. The van der Waals surface area contributed by atoms with Gasteiger partial charge in [-0.2, -0.15) is 0 Å². The zero-order valence-corrected chi connectivity index (χ0v) is 30.6. The fourth-order valence-electron chi connectivity index (χ4n) is 7.69. The monoisotopic (exact) mass is 718 g/mol. The van der Waals surface area contributed by atoms with Crippen LogP contribution in [0.3, 0.4) is 0 Å². The van der Waals surface area contributed by atoms with Crippen LogP contribution in [0.5, 0.6) is 23.0 Å². The Balaban J connectivity index is 1.30. The minimum atomic E-state index is -1.13. The van der Waals surface area contributed by atoms with Gasteiger partial charge in [0, 0.05) is 0 Å². The van der Waals surface area contributed by atoms with E-state index in [1.54, 1.807) is 28.4 Å². The molecule has 10 heteroatoms. The van der Waals surface area contributed by atoms with Crippen molar-refractivity contribution in [3.05, 3.63) is 191 Å². The Morgan fingerprint density at radius 2 is 0.630 bits per heavy atom. The highest BCUT2D eigenvalue weighted by molar-refractivity contribution is 7.11. The molecule has 0 bridgehead atoms. The smallest absolute Gasteiger partial charge is 0.489 e. The van der Waals surface area contributed by atoms with Gasteiger partial charge in [-0.1, -0.05) is 109 Å². The molecular weight excluding hydrogens is 678 g/mol. The molecule has 0 spiro atoms. The van der Waals surface area contributed by atoms with Gasteiger partial charge in [0.1, 0.15) is 46.4 Å². The van der Waals surface area contributed by atoms with Crippen molar-refractivity contribution < 1.29 is 37.6 Å². The highest BCUT2D eigenvalue weighted by Gasteiger charge is 2.66. The summed E-state index contributed by atoms with van der Waals surface area (Å²) in [7, 11) is 4.65.